The third kappa shape index (κ3) is 4.92. The van der Waals surface area contributed by atoms with Crippen molar-refractivity contribution in [1.29, 1.82) is 0 Å². The molecule has 1 aromatic carbocycles. The van der Waals surface area contributed by atoms with Crippen LogP contribution in [0.15, 0.2) is 12.1 Å². The van der Waals surface area contributed by atoms with Crippen molar-refractivity contribution in [3.05, 3.63) is 28.4 Å². The van der Waals surface area contributed by atoms with Gasteiger partial charge in [0.15, 0.2) is 0 Å². The van der Waals surface area contributed by atoms with E-state index in [1.165, 1.54) is 0 Å². The van der Waals surface area contributed by atoms with E-state index in [2.05, 4.69) is 86.1 Å². The summed E-state index contributed by atoms with van der Waals surface area (Å²) in [5, 5.41) is 2.32. The molecule has 1 aliphatic rings. The first-order valence-electron chi connectivity index (χ1n) is 7.67. The lowest BCUT2D eigenvalue weighted by Crippen LogP contribution is -2.88. The van der Waals surface area contributed by atoms with Crippen LogP contribution in [0.5, 0.6) is 0 Å². The van der Waals surface area contributed by atoms with Gasteiger partial charge >= 0.3 is 5.97 Å². The minimum absolute atomic E-state index is 0.154. The van der Waals surface area contributed by atoms with Crippen LogP contribution in [-0.4, -0.2) is 24.7 Å². The molecular formula is C16H21I3NO2+. The van der Waals surface area contributed by atoms with E-state index in [1.54, 1.807) is 0 Å². The lowest BCUT2D eigenvalue weighted by atomic mass is 9.87. The molecule has 0 unspecified atom stereocenters. The lowest BCUT2D eigenvalue weighted by molar-refractivity contribution is -0.668. The van der Waals surface area contributed by atoms with Crippen LogP contribution in [0, 0.1) is 10.7 Å². The first kappa shape index (κ1) is 19.2. The van der Waals surface area contributed by atoms with Gasteiger partial charge in [-0.05, 0) is 92.7 Å². The summed E-state index contributed by atoms with van der Waals surface area (Å²) in [6.45, 7) is 4.30. The number of halogens is 3. The Bertz CT molecular complexity index is 542. The number of hydrogen-bond donors (Lipinski definition) is 1. The average Bonchev–Trinajstić information content (AvgIpc) is 2.49. The van der Waals surface area contributed by atoms with Crippen molar-refractivity contribution >= 4 is 73.7 Å². The zero-order chi connectivity index (χ0) is 16.2. The van der Waals surface area contributed by atoms with Crippen molar-refractivity contribution in [2.45, 2.75) is 44.6 Å². The third-order valence-electron chi connectivity index (χ3n) is 4.12. The molecule has 1 saturated heterocycles. The second-order valence-corrected chi connectivity index (χ2v) is 9.28. The van der Waals surface area contributed by atoms with Gasteiger partial charge in [-0.15, -0.1) is 0 Å². The molecule has 2 N–H and O–H groups in total. The Labute approximate surface area is 173 Å². The largest absolute Gasteiger partial charge is 0.455 e. The van der Waals surface area contributed by atoms with Gasteiger partial charge in [0.05, 0.1) is 18.7 Å². The minimum Gasteiger partial charge on any atom is -0.455 e. The maximum absolute atomic E-state index is 12.8. The number of rotatable bonds is 5. The van der Waals surface area contributed by atoms with Crippen LogP contribution in [0.25, 0.3) is 0 Å². The predicted octanol–water partition coefficient (Wildman–Crippen LogP) is 3.94. The van der Waals surface area contributed by atoms with Gasteiger partial charge in [-0.25, -0.2) is 4.79 Å². The van der Waals surface area contributed by atoms with E-state index in [1.807, 2.05) is 6.07 Å². The second-order valence-electron chi connectivity index (χ2n) is 5.79. The van der Waals surface area contributed by atoms with Crippen molar-refractivity contribution in [2.24, 2.45) is 0 Å². The number of nitrogens with two attached hydrogens (primary N) is 1. The van der Waals surface area contributed by atoms with Crippen molar-refractivity contribution in [2.75, 3.05) is 13.1 Å². The summed E-state index contributed by atoms with van der Waals surface area (Å²) in [5.41, 5.74) is 0.458. The highest BCUT2D eigenvalue weighted by Crippen LogP contribution is 2.31. The highest BCUT2D eigenvalue weighted by atomic mass is 127. The van der Waals surface area contributed by atoms with Crippen molar-refractivity contribution in [1.82, 2.24) is 0 Å². The van der Waals surface area contributed by atoms with E-state index in [4.69, 9.17) is 4.74 Å². The lowest BCUT2D eigenvalue weighted by Gasteiger charge is -2.35. The Morgan fingerprint density at radius 3 is 2.59 bits per heavy atom. The number of benzene rings is 1. The molecule has 1 heterocycles. The second kappa shape index (κ2) is 8.80. The highest BCUT2D eigenvalue weighted by molar-refractivity contribution is 14.1. The fourth-order valence-electron chi connectivity index (χ4n) is 2.86. The summed E-state index contributed by atoms with van der Waals surface area (Å²) < 4.78 is 9.27. The SMILES string of the molecule is CCCCC1(OC(=O)c2cc(I)cc(I)c2I)CC[NH2+]CC1. The Morgan fingerprint density at radius 2 is 1.95 bits per heavy atom. The first-order chi connectivity index (χ1) is 10.5. The van der Waals surface area contributed by atoms with Crippen molar-refractivity contribution in [3.63, 3.8) is 0 Å². The molecule has 0 saturated carbocycles. The molecule has 1 aromatic rings. The van der Waals surface area contributed by atoms with Gasteiger partial charge in [-0.3, -0.25) is 0 Å². The third-order valence-corrected chi connectivity index (χ3v) is 7.78. The summed E-state index contributed by atoms with van der Waals surface area (Å²) in [6, 6.07) is 4.03. The Hall–Kier alpha value is 0.840. The van der Waals surface area contributed by atoms with E-state index in [0.29, 0.717) is 5.56 Å². The van der Waals surface area contributed by atoms with Gasteiger partial charge in [-0.2, -0.15) is 0 Å². The van der Waals surface area contributed by atoms with Crippen LogP contribution in [0.4, 0.5) is 0 Å². The summed E-state index contributed by atoms with van der Waals surface area (Å²) in [7, 11) is 0. The van der Waals surface area contributed by atoms with Crippen LogP contribution < -0.4 is 5.32 Å². The standard InChI is InChI=1S/C16H20I3NO2/c1-2-3-4-16(5-7-20-8-6-16)22-15(21)12-9-11(17)10-13(18)14(12)19/h9-10,20H,2-8H2,1H3/p+1. The van der Waals surface area contributed by atoms with Crippen molar-refractivity contribution in [3.8, 4) is 0 Å². The van der Waals surface area contributed by atoms with E-state index < -0.39 is 0 Å². The van der Waals surface area contributed by atoms with Gasteiger partial charge in [0.2, 0.25) is 0 Å². The molecule has 1 fully saturated rings. The number of unbranched alkanes of at least 4 members (excludes halogenated alkanes) is 1. The molecule has 0 aliphatic carbocycles. The van der Waals surface area contributed by atoms with Crippen LogP contribution in [0.3, 0.4) is 0 Å². The van der Waals surface area contributed by atoms with Gasteiger partial charge in [-0.1, -0.05) is 13.3 Å². The highest BCUT2D eigenvalue weighted by Gasteiger charge is 2.37. The van der Waals surface area contributed by atoms with E-state index >= 15 is 0 Å². The summed E-state index contributed by atoms with van der Waals surface area (Å²) in [5.74, 6) is -0.154. The summed E-state index contributed by atoms with van der Waals surface area (Å²) >= 11 is 6.78. The summed E-state index contributed by atoms with van der Waals surface area (Å²) in [6.07, 6.45) is 5.18. The first-order valence-corrected chi connectivity index (χ1v) is 10.9. The Morgan fingerprint density at radius 1 is 1.27 bits per heavy atom. The molecule has 3 nitrogen and oxygen atoms in total. The van der Waals surface area contributed by atoms with Gasteiger partial charge < -0.3 is 10.1 Å². The monoisotopic (exact) mass is 640 g/mol. The molecule has 2 rings (SSSR count). The molecule has 0 amide bonds. The molecular weight excluding hydrogens is 619 g/mol. The smallest absolute Gasteiger partial charge is 0.339 e. The number of esters is 1. The van der Waals surface area contributed by atoms with Crippen LogP contribution in [0.2, 0.25) is 0 Å². The Kier molecular flexibility index (Phi) is 7.66. The van der Waals surface area contributed by atoms with Gasteiger partial charge in [0.25, 0.3) is 0 Å². The topological polar surface area (TPSA) is 42.9 Å². The molecule has 22 heavy (non-hydrogen) atoms. The molecule has 6 heteroatoms. The molecule has 0 bridgehead atoms. The van der Waals surface area contributed by atoms with E-state index in [0.717, 1.165) is 55.9 Å². The zero-order valence-electron chi connectivity index (χ0n) is 12.6. The van der Waals surface area contributed by atoms with Gasteiger partial charge in [0.1, 0.15) is 5.60 Å². The number of ether oxygens (including phenoxy) is 1. The fraction of sp³-hybridized carbons (Fsp3) is 0.562. The Balaban J connectivity index is 2.21. The van der Waals surface area contributed by atoms with Crippen LogP contribution in [0.1, 0.15) is 49.4 Å². The predicted molar refractivity (Wildman–Crippen MR) is 113 cm³/mol. The minimum atomic E-state index is -0.252. The van der Waals surface area contributed by atoms with Crippen molar-refractivity contribution < 1.29 is 14.8 Å². The van der Waals surface area contributed by atoms with E-state index in [-0.39, 0.29) is 11.6 Å². The van der Waals surface area contributed by atoms with Crippen LogP contribution in [-0.2, 0) is 4.74 Å². The van der Waals surface area contributed by atoms with Crippen LogP contribution >= 0.6 is 67.8 Å². The maximum atomic E-state index is 12.8. The molecule has 0 radical (unpaired) electrons. The summed E-state index contributed by atoms with van der Waals surface area (Å²) in [4.78, 5) is 12.8. The number of hydrogen-bond acceptors (Lipinski definition) is 2. The zero-order valence-corrected chi connectivity index (χ0v) is 19.1. The number of quaternary nitrogens is 1. The normalized spacial score (nSPS) is 17.3. The molecule has 122 valence electrons. The molecule has 0 atom stereocenters. The fourth-order valence-corrected chi connectivity index (χ4v) is 5.23. The molecule has 0 spiro atoms. The van der Waals surface area contributed by atoms with Gasteiger partial charge in [0, 0.05) is 23.6 Å². The number of carbonyl (C=O) groups is 1. The average molecular weight is 640 g/mol. The maximum Gasteiger partial charge on any atom is 0.339 e. The molecule has 0 aromatic heterocycles. The van der Waals surface area contributed by atoms with E-state index in [9.17, 15) is 4.79 Å². The molecule has 1 aliphatic heterocycles. The number of carbonyl (C=O) groups excluding carboxylic acids is 1. The number of piperidine rings is 1. The quantitative estimate of drug-likeness (QED) is 0.302.